The van der Waals surface area contributed by atoms with Crippen LogP contribution in [0, 0.1) is 0 Å². The summed E-state index contributed by atoms with van der Waals surface area (Å²) in [5.41, 5.74) is 1.66. The molecule has 1 aliphatic rings. The Morgan fingerprint density at radius 2 is 2.41 bits per heavy atom. The highest BCUT2D eigenvalue weighted by molar-refractivity contribution is 7.25. The standard InChI is InChI=1S/C15H16N4O2S/c1-16-10-4-5-17-14-11(10)12-13(22-14)15(20)19(8-18-12)7-9-3-2-6-21-9/h4-5,8-9H,2-3,6-7H2,1H3,(H,16,17). The topological polar surface area (TPSA) is 69.0 Å². The highest BCUT2D eigenvalue weighted by Gasteiger charge is 2.19. The lowest BCUT2D eigenvalue weighted by atomic mass is 10.2. The summed E-state index contributed by atoms with van der Waals surface area (Å²) in [7, 11) is 1.86. The smallest absolute Gasteiger partial charge is 0.271 e. The second-order valence-electron chi connectivity index (χ2n) is 5.41. The summed E-state index contributed by atoms with van der Waals surface area (Å²) in [4.78, 5) is 22.4. The van der Waals surface area contributed by atoms with E-state index in [4.69, 9.17) is 4.74 Å². The molecular weight excluding hydrogens is 300 g/mol. The Hall–Kier alpha value is -1.99. The van der Waals surface area contributed by atoms with Crippen LogP contribution >= 0.6 is 11.3 Å². The molecule has 0 saturated carbocycles. The first kappa shape index (κ1) is 13.7. The third-order valence-electron chi connectivity index (χ3n) is 4.04. The molecule has 114 valence electrons. The molecule has 4 rings (SSSR count). The van der Waals surface area contributed by atoms with Gasteiger partial charge in [0.15, 0.2) is 0 Å². The largest absolute Gasteiger partial charge is 0.387 e. The average Bonchev–Trinajstić information content (AvgIpc) is 3.17. The lowest BCUT2D eigenvalue weighted by molar-refractivity contribution is 0.0960. The summed E-state index contributed by atoms with van der Waals surface area (Å²) in [5, 5.41) is 4.06. The number of hydrogen-bond acceptors (Lipinski definition) is 6. The van der Waals surface area contributed by atoms with Gasteiger partial charge in [0.2, 0.25) is 0 Å². The molecule has 0 bridgehead atoms. The Kier molecular flexibility index (Phi) is 3.31. The Morgan fingerprint density at radius 3 is 3.18 bits per heavy atom. The summed E-state index contributed by atoms with van der Waals surface area (Å²) in [5.74, 6) is 0. The first-order chi connectivity index (χ1) is 10.8. The fourth-order valence-electron chi connectivity index (χ4n) is 2.93. The molecule has 0 amide bonds. The number of ether oxygens (including phenoxy) is 1. The van der Waals surface area contributed by atoms with Gasteiger partial charge >= 0.3 is 0 Å². The molecule has 0 aliphatic carbocycles. The zero-order chi connectivity index (χ0) is 15.1. The van der Waals surface area contributed by atoms with Crippen LogP contribution in [0.25, 0.3) is 20.4 Å². The van der Waals surface area contributed by atoms with Crippen molar-refractivity contribution in [2.75, 3.05) is 19.0 Å². The van der Waals surface area contributed by atoms with Crippen LogP contribution in [0.5, 0.6) is 0 Å². The molecule has 3 aromatic rings. The molecule has 1 aliphatic heterocycles. The maximum absolute atomic E-state index is 12.7. The number of anilines is 1. The van der Waals surface area contributed by atoms with Crippen molar-refractivity contribution in [2.45, 2.75) is 25.5 Å². The third kappa shape index (κ3) is 2.08. The van der Waals surface area contributed by atoms with E-state index >= 15 is 0 Å². The molecule has 1 unspecified atom stereocenters. The van der Waals surface area contributed by atoms with E-state index in [-0.39, 0.29) is 11.7 Å². The maximum atomic E-state index is 12.7. The van der Waals surface area contributed by atoms with E-state index in [1.165, 1.54) is 11.3 Å². The molecule has 1 fully saturated rings. The lowest BCUT2D eigenvalue weighted by Crippen LogP contribution is -2.26. The summed E-state index contributed by atoms with van der Waals surface area (Å²) in [6.45, 7) is 1.36. The second kappa shape index (κ2) is 5.33. The summed E-state index contributed by atoms with van der Waals surface area (Å²) >= 11 is 1.40. The van der Waals surface area contributed by atoms with Crippen molar-refractivity contribution in [1.29, 1.82) is 0 Å². The Morgan fingerprint density at radius 1 is 1.50 bits per heavy atom. The second-order valence-corrected chi connectivity index (χ2v) is 6.40. The van der Waals surface area contributed by atoms with Crippen molar-refractivity contribution < 1.29 is 4.74 Å². The molecule has 1 saturated heterocycles. The molecule has 4 heterocycles. The molecular formula is C15H16N4O2S. The molecule has 6 nitrogen and oxygen atoms in total. The quantitative estimate of drug-likeness (QED) is 0.802. The van der Waals surface area contributed by atoms with Gasteiger partial charge in [-0.05, 0) is 18.9 Å². The minimum Gasteiger partial charge on any atom is -0.387 e. The van der Waals surface area contributed by atoms with Gasteiger partial charge in [-0.3, -0.25) is 9.36 Å². The van der Waals surface area contributed by atoms with Gasteiger partial charge < -0.3 is 10.1 Å². The Balaban J connectivity index is 1.88. The summed E-state index contributed by atoms with van der Waals surface area (Å²) in [6.07, 6.45) is 5.56. The van der Waals surface area contributed by atoms with E-state index in [1.807, 2.05) is 13.1 Å². The lowest BCUT2D eigenvalue weighted by Gasteiger charge is -2.11. The minimum atomic E-state index is -0.00875. The van der Waals surface area contributed by atoms with Crippen molar-refractivity contribution in [3.05, 3.63) is 28.9 Å². The van der Waals surface area contributed by atoms with Gasteiger partial charge in [0.05, 0.1) is 29.9 Å². The van der Waals surface area contributed by atoms with E-state index in [0.717, 1.165) is 40.9 Å². The van der Waals surface area contributed by atoms with Crippen molar-refractivity contribution >= 4 is 37.5 Å². The van der Waals surface area contributed by atoms with Crippen LogP contribution < -0.4 is 10.9 Å². The molecule has 1 N–H and O–H groups in total. The minimum absolute atomic E-state index is 0.00875. The third-order valence-corrected chi connectivity index (χ3v) is 5.12. The predicted octanol–water partition coefficient (Wildman–Crippen LogP) is 2.23. The van der Waals surface area contributed by atoms with E-state index < -0.39 is 0 Å². The number of rotatable bonds is 3. The van der Waals surface area contributed by atoms with E-state index in [1.54, 1.807) is 17.1 Å². The molecule has 1 atom stereocenters. The van der Waals surface area contributed by atoms with Crippen LogP contribution in [-0.4, -0.2) is 34.3 Å². The fourth-order valence-corrected chi connectivity index (χ4v) is 4.00. The SMILES string of the molecule is CNc1ccnc2sc3c(=O)n(CC4CCCO4)cnc3c12. The number of nitrogens with zero attached hydrogens (tertiary/aromatic N) is 3. The normalized spacial score (nSPS) is 18.3. The van der Waals surface area contributed by atoms with Gasteiger partial charge in [0.25, 0.3) is 5.56 Å². The van der Waals surface area contributed by atoms with E-state index in [0.29, 0.717) is 11.2 Å². The number of aromatic nitrogens is 3. The highest BCUT2D eigenvalue weighted by atomic mass is 32.1. The van der Waals surface area contributed by atoms with Crippen molar-refractivity contribution in [3.63, 3.8) is 0 Å². The number of pyridine rings is 1. The molecule has 22 heavy (non-hydrogen) atoms. The Bertz CT molecular complexity index is 896. The van der Waals surface area contributed by atoms with Crippen LogP contribution in [0.15, 0.2) is 23.4 Å². The monoisotopic (exact) mass is 316 g/mol. The van der Waals surface area contributed by atoms with Crippen LogP contribution in [0.3, 0.4) is 0 Å². The van der Waals surface area contributed by atoms with Gasteiger partial charge in [-0.2, -0.15) is 0 Å². The van der Waals surface area contributed by atoms with Gasteiger partial charge in [0, 0.05) is 25.5 Å². The van der Waals surface area contributed by atoms with Crippen LogP contribution in [-0.2, 0) is 11.3 Å². The number of nitrogens with one attached hydrogen (secondary N) is 1. The van der Waals surface area contributed by atoms with Crippen LogP contribution in [0.2, 0.25) is 0 Å². The molecule has 0 radical (unpaired) electrons. The van der Waals surface area contributed by atoms with Gasteiger partial charge in [0.1, 0.15) is 9.53 Å². The maximum Gasteiger partial charge on any atom is 0.271 e. The average molecular weight is 316 g/mol. The number of hydrogen-bond donors (Lipinski definition) is 1. The number of fused-ring (bicyclic) bond motifs is 3. The predicted molar refractivity (Wildman–Crippen MR) is 87.7 cm³/mol. The first-order valence-electron chi connectivity index (χ1n) is 7.34. The van der Waals surface area contributed by atoms with Crippen molar-refractivity contribution in [1.82, 2.24) is 14.5 Å². The van der Waals surface area contributed by atoms with E-state index in [2.05, 4.69) is 15.3 Å². The van der Waals surface area contributed by atoms with Crippen molar-refractivity contribution in [2.24, 2.45) is 0 Å². The molecule has 7 heteroatoms. The number of thiophene rings is 1. The van der Waals surface area contributed by atoms with Crippen LogP contribution in [0.1, 0.15) is 12.8 Å². The van der Waals surface area contributed by atoms with Crippen molar-refractivity contribution in [3.8, 4) is 0 Å². The van der Waals surface area contributed by atoms with Gasteiger partial charge in [-0.1, -0.05) is 0 Å². The first-order valence-corrected chi connectivity index (χ1v) is 8.15. The molecule has 3 aromatic heterocycles. The zero-order valence-corrected chi connectivity index (χ0v) is 13.0. The molecule has 0 spiro atoms. The van der Waals surface area contributed by atoms with Crippen LogP contribution in [0.4, 0.5) is 5.69 Å². The highest BCUT2D eigenvalue weighted by Crippen LogP contribution is 2.33. The summed E-state index contributed by atoms with van der Waals surface area (Å²) in [6, 6.07) is 1.90. The van der Waals surface area contributed by atoms with Gasteiger partial charge in [-0.25, -0.2) is 9.97 Å². The van der Waals surface area contributed by atoms with Gasteiger partial charge in [-0.15, -0.1) is 11.3 Å². The Labute approximate surface area is 130 Å². The zero-order valence-electron chi connectivity index (χ0n) is 12.2. The fraction of sp³-hybridized carbons (Fsp3) is 0.400. The van der Waals surface area contributed by atoms with E-state index in [9.17, 15) is 4.79 Å². The molecule has 0 aromatic carbocycles. The summed E-state index contributed by atoms with van der Waals surface area (Å²) < 4.78 is 7.93.